The Morgan fingerprint density at radius 1 is 1.50 bits per heavy atom. The second-order valence-corrected chi connectivity index (χ2v) is 4.80. The quantitative estimate of drug-likeness (QED) is 0.748. The highest BCUT2D eigenvalue weighted by atomic mass is 15.2. The summed E-state index contributed by atoms with van der Waals surface area (Å²) in [6.07, 6.45) is 5.18. The molecule has 1 aliphatic rings. The summed E-state index contributed by atoms with van der Waals surface area (Å²) in [5, 5.41) is 6.72. The van der Waals surface area contributed by atoms with Gasteiger partial charge in [-0.3, -0.25) is 0 Å². The molecular weight excluding hydrogens is 226 g/mol. The maximum absolute atomic E-state index is 4.36. The summed E-state index contributed by atoms with van der Waals surface area (Å²) in [6.45, 7) is 5.30. The van der Waals surface area contributed by atoms with Crippen LogP contribution in [0.4, 0.5) is 11.6 Å². The van der Waals surface area contributed by atoms with Gasteiger partial charge in [-0.2, -0.15) is 0 Å². The van der Waals surface area contributed by atoms with Crippen LogP contribution in [0, 0.1) is 0 Å². The van der Waals surface area contributed by atoms with Crippen LogP contribution in [0.1, 0.15) is 26.2 Å². The number of anilines is 2. The van der Waals surface area contributed by atoms with Gasteiger partial charge in [0.15, 0.2) is 0 Å². The lowest BCUT2D eigenvalue weighted by atomic mass is 10.2. The van der Waals surface area contributed by atoms with Gasteiger partial charge in [0.05, 0.1) is 0 Å². The van der Waals surface area contributed by atoms with E-state index in [2.05, 4.69) is 39.5 Å². The van der Waals surface area contributed by atoms with Crippen molar-refractivity contribution in [2.75, 3.05) is 36.9 Å². The van der Waals surface area contributed by atoms with Crippen LogP contribution in [0.3, 0.4) is 0 Å². The number of unbranched alkanes of at least 4 members (excludes halogenated alkanes) is 1. The fraction of sp³-hybridized carbons (Fsp3) is 0.692. The lowest BCUT2D eigenvalue weighted by Crippen LogP contribution is -2.33. The van der Waals surface area contributed by atoms with E-state index in [1.165, 1.54) is 19.3 Å². The number of likely N-dealkylation sites (N-methyl/N-ethyl adjacent to an activating group) is 1. The molecule has 2 rings (SSSR count). The lowest BCUT2D eigenvalue weighted by Gasteiger charge is -2.24. The summed E-state index contributed by atoms with van der Waals surface area (Å²) < 4.78 is 0. The molecule has 1 fully saturated rings. The second kappa shape index (κ2) is 6.54. The Labute approximate surface area is 109 Å². The molecule has 1 atom stereocenters. The molecule has 2 heterocycles. The van der Waals surface area contributed by atoms with Crippen molar-refractivity contribution in [2.24, 2.45) is 0 Å². The highest BCUT2D eigenvalue weighted by molar-refractivity contribution is 5.48. The van der Waals surface area contributed by atoms with Crippen molar-refractivity contribution >= 4 is 11.6 Å². The maximum Gasteiger partial charge on any atom is 0.134 e. The van der Waals surface area contributed by atoms with Crippen LogP contribution in [0.2, 0.25) is 0 Å². The van der Waals surface area contributed by atoms with Gasteiger partial charge < -0.3 is 15.5 Å². The summed E-state index contributed by atoms with van der Waals surface area (Å²) in [4.78, 5) is 10.9. The zero-order chi connectivity index (χ0) is 12.8. The lowest BCUT2D eigenvalue weighted by molar-refractivity contribution is 0.677. The number of rotatable bonds is 6. The van der Waals surface area contributed by atoms with Crippen LogP contribution in [-0.2, 0) is 0 Å². The van der Waals surface area contributed by atoms with Crippen LogP contribution in [-0.4, -0.2) is 42.7 Å². The topological polar surface area (TPSA) is 53.1 Å². The van der Waals surface area contributed by atoms with Crippen molar-refractivity contribution in [1.82, 2.24) is 15.3 Å². The molecular formula is C13H23N5. The molecule has 5 nitrogen and oxygen atoms in total. The van der Waals surface area contributed by atoms with Crippen molar-refractivity contribution < 1.29 is 0 Å². The van der Waals surface area contributed by atoms with Crippen molar-refractivity contribution in [3.8, 4) is 0 Å². The first-order valence-corrected chi connectivity index (χ1v) is 6.80. The number of aromatic nitrogens is 2. The third kappa shape index (κ3) is 3.32. The molecule has 100 valence electrons. The summed E-state index contributed by atoms with van der Waals surface area (Å²) >= 11 is 0. The Bertz CT molecular complexity index is 362. The zero-order valence-electron chi connectivity index (χ0n) is 11.3. The molecule has 18 heavy (non-hydrogen) atoms. The number of nitrogens with one attached hydrogen (secondary N) is 2. The maximum atomic E-state index is 4.36. The van der Waals surface area contributed by atoms with E-state index in [-0.39, 0.29) is 0 Å². The largest absolute Gasteiger partial charge is 0.370 e. The van der Waals surface area contributed by atoms with Gasteiger partial charge in [0, 0.05) is 32.2 Å². The third-order valence-electron chi connectivity index (χ3n) is 3.43. The molecule has 1 aromatic heterocycles. The van der Waals surface area contributed by atoms with Crippen LogP contribution < -0.4 is 15.5 Å². The molecule has 2 N–H and O–H groups in total. The minimum atomic E-state index is 0.545. The van der Waals surface area contributed by atoms with Crippen LogP contribution in [0.25, 0.3) is 0 Å². The molecule has 1 unspecified atom stereocenters. The number of nitrogens with zero attached hydrogens (tertiary/aromatic N) is 3. The molecule has 0 aromatic carbocycles. The molecule has 0 spiro atoms. The Balaban J connectivity index is 1.97. The average Bonchev–Trinajstić information content (AvgIpc) is 2.92. The fourth-order valence-electron chi connectivity index (χ4n) is 2.19. The van der Waals surface area contributed by atoms with Gasteiger partial charge in [0.1, 0.15) is 18.0 Å². The average molecular weight is 249 g/mol. The van der Waals surface area contributed by atoms with Gasteiger partial charge in [-0.25, -0.2) is 9.97 Å². The predicted molar refractivity (Wildman–Crippen MR) is 75.1 cm³/mol. The van der Waals surface area contributed by atoms with Crippen molar-refractivity contribution in [2.45, 2.75) is 32.2 Å². The van der Waals surface area contributed by atoms with E-state index in [0.29, 0.717) is 6.04 Å². The van der Waals surface area contributed by atoms with Crippen LogP contribution in [0.5, 0.6) is 0 Å². The van der Waals surface area contributed by atoms with E-state index in [0.717, 1.165) is 31.3 Å². The molecule has 1 aliphatic heterocycles. The Morgan fingerprint density at radius 2 is 2.39 bits per heavy atom. The SMILES string of the molecule is CCCCNc1cc(N(C)C2CCNC2)ncn1. The molecule has 5 heteroatoms. The van der Waals surface area contributed by atoms with E-state index >= 15 is 0 Å². The van der Waals surface area contributed by atoms with E-state index in [4.69, 9.17) is 0 Å². The first kappa shape index (κ1) is 13.1. The Morgan fingerprint density at radius 3 is 3.11 bits per heavy atom. The first-order chi connectivity index (χ1) is 8.81. The summed E-state index contributed by atoms with van der Waals surface area (Å²) in [5.74, 6) is 1.92. The van der Waals surface area contributed by atoms with Gasteiger partial charge >= 0.3 is 0 Å². The molecule has 1 aromatic rings. The van der Waals surface area contributed by atoms with Crippen LogP contribution in [0.15, 0.2) is 12.4 Å². The zero-order valence-corrected chi connectivity index (χ0v) is 11.3. The second-order valence-electron chi connectivity index (χ2n) is 4.80. The van der Waals surface area contributed by atoms with E-state index < -0.39 is 0 Å². The molecule has 1 saturated heterocycles. The highest BCUT2D eigenvalue weighted by Crippen LogP contribution is 2.17. The third-order valence-corrected chi connectivity index (χ3v) is 3.43. The van der Waals surface area contributed by atoms with Crippen molar-refractivity contribution in [3.05, 3.63) is 12.4 Å². The molecule has 0 amide bonds. The minimum Gasteiger partial charge on any atom is -0.370 e. The summed E-state index contributed by atoms with van der Waals surface area (Å²) in [5.41, 5.74) is 0. The van der Waals surface area contributed by atoms with Gasteiger partial charge in [0.25, 0.3) is 0 Å². The first-order valence-electron chi connectivity index (χ1n) is 6.80. The Kier molecular flexibility index (Phi) is 4.75. The molecule has 0 radical (unpaired) electrons. The summed E-state index contributed by atoms with van der Waals surface area (Å²) in [7, 11) is 2.11. The van der Waals surface area contributed by atoms with Crippen molar-refractivity contribution in [3.63, 3.8) is 0 Å². The molecule has 0 aliphatic carbocycles. The van der Waals surface area contributed by atoms with E-state index in [9.17, 15) is 0 Å². The summed E-state index contributed by atoms with van der Waals surface area (Å²) in [6, 6.07) is 2.58. The highest BCUT2D eigenvalue weighted by Gasteiger charge is 2.20. The van der Waals surface area contributed by atoms with Gasteiger partial charge in [0.2, 0.25) is 0 Å². The van der Waals surface area contributed by atoms with E-state index in [1.54, 1.807) is 6.33 Å². The normalized spacial score (nSPS) is 18.9. The molecule has 0 bridgehead atoms. The molecule has 0 saturated carbocycles. The fourth-order valence-corrected chi connectivity index (χ4v) is 2.19. The van der Waals surface area contributed by atoms with Crippen LogP contribution >= 0.6 is 0 Å². The standard InChI is InChI=1S/C13H23N5/c1-3-4-6-15-12-8-13(17-10-16-12)18(2)11-5-7-14-9-11/h8,10-11,14H,3-7,9H2,1-2H3,(H,15,16,17). The Hall–Kier alpha value is -1.36. The number of hydrogen-bond acceptors (Lipinski definition) is 5. The smallest absolute Gasteiger partial charge is 0.134 e. The number of hydrogen-bond donors (Lipinski definition) is 2. The minimum absolute atomic E-state index is 0.545. The van der Waals surface area contributed by atoms with Crippen molar-refractivity contribution in [1.29, 1.82) is 0 Å². The van der Waals surface area contributed by atoms with Gasteiger partial charge in [-0.05, 0) is 19.4 Å². The monoisotopic (exact) mass is 249 g/mol. The van der Waals surface area contributed by atoms with E-state index in [1.807, 2.05) is 6.07 Å². The van der Waals surface area contributed by atoms with Gasteiger partial charge in [-0.1, -0.05) is 13.3 Å². The van der Waals surface area contributed by atoms with Gasteiger partial charge in [-0.15, -0.1) is 0 Å². The predicted octanol–water partition coefficient (Wildman–Crippen LogP) is 1.49.